The average Bonchev–Trinajstić information content (AvgIpc) is 2.79. The molecule has 0 radical (unpaired) electrons. The Bertz CT molecular complexity index is 674. The second-order valence-electron chi connectivity index (χ2n) is 8.47. The maximum absolute atomic E-state index is 12.3. The third-order valence-electron chi connectivity index (χ3n) is 5.46. The molecule has 0 unspecified atom stereocenters. The van der Waals surface area contributed by atoms with Crippen LogP contribution in [0.1, 0.15) is 118 Å². The van der Waals surface area contributed by atoms with Gasteiger partial charge in [0.1, 0.15) is 0 Å². The summed E-state index contributed by atoms with van der Waals surface area (Å²) in [6.07, 6.45) is 12.5. The number of hydrogen-bond donors (Lipinski definition) is 0. The lowest BCUT2D eigenvalue weighted by molar-refractivity contribution is -0.161. The van der Waals surface area contributed by atoms with Gasteiger partial charge in [-0.2, -0.15) is 13.2 Å². The summed E-state index contributed by atoms with van der Waals surface area (Å²) >= 11 is 0. The van der Waals surface area contributed by atoms with Crippen LogP contribution < -0.4 is 0 Å². The number of ether oxygens (including phenoxy) is 2. The van der Waals surface area contributed by atoms with Crippen molar-refractivity contribution in [2.45, 2.75) is 103 Å². The van der Waals surface area contributed by atoms with Gasteiger partial charge in [-0.05, 0) is 18.6 Å². The quantitative estimate of drug-likeness (QED) is 0.160. The SMILES string of the molecule is CCCCCCCCCCCCCCCCOC(=O)c1ccccc1C(=O)OCC(F)(F)F. The highest BCUT2D eigenvalue weighted by molar-refractivity contribution is 6.03. The Hall–Kier alpha value is -2.05. The fourth-order valence-corrected chi connectivity index (χ4v) is 3.60. The second kappa shape index (κ2) is 17.4. The third kappa shape index (κ3) is 14.7. The van der Waals surface area contributed by atoms with Crippen LogP contribution in [0.2, 0.25) is 0 Å². The number of rotatable bonds is 18. The molecule has 0 saturated heterocycles. The predicted octanol–water partition coefficient (Wildman–Crippen LogP) is 8.04. The van der Waals surface area contributed by atoms with E-state index in [1.807, 2.05) is 0 Å². The zero-order chi connectivity index (χ0) is 24.4. The van der Waals surface area contributed by atoms with Crippen LogP contribution in [0.3, 0.4) is 0 Å². The van der Waals surface area contributed by atoms with E-state index < -0.39 is 24.7 Å². The number of alkyl halides is 3. The van der Waals surface area contributed by atoms with Gasteiger partial charge in [0.15, 0.2) is 6.61 Å². The Morgan fingerprint density at radius 3 is 1.48 bits per heavy atom. The largest absolute Gasteiger partial charge is 0.462 e. The number of esters is 2. The van der Waals surface area contributed by atoms with Gasteiger partial charge in [0.05, 0.1) is 17.7 Å². The highest BCUT2D eigenvalue weighted by Gasteiger charge is 2.30. The van der Waals surface area contributed by atoms with Crippen molar-refractivity contribution in [3.8, 4) is 0 Å². The summed E-state index contributed by atoms with van der Waals surface area (Å²) in [5, 5.41) is 0. The first kappa shape index (κ1) is 29.0. The van der Waals surface area contributed by atoms with Crippen LogP contribution in [-0.4, -0.2) is 31.3 Å². The van der Waals surface area contributed by atoms with E-state index in [1.165, 1.54) is 94.9 Å². The number of carbonyl (C=O) groups excluding carboxylic acids is 2. The number of carbonyl (C=O) groups is 2. The molecule has 0 bridgehead atoms. The molecular formula is C26H39F3O4. The highest BCUT2D eigenvalue weighted by atomic mass is 19.4. The van der Waals surface area contributed by atoms with Gasteiger partial charge in [-0.15, -0.1) is 0 Å². The minimum absolute atomic E-state index is 0.0879. The molecule has 0 aliphatic rings. The van der Waals surface area contributed by atoms with Crippen LogP contribution in [0, 0.1) is 0 Å². The van der Waals surface area contributed by atoms with E-state index in [2.05, 4.69) is 11.7 Å². The van der Waals surface area contributed by atoms with Gasteiger partial charge < -0.3 is 9.47 Å². The molecule has 1 rings (SSSR count). The zero-order valence-electron chi connectivity index (χ0n) is 19.9. The van der Waals surface area contributed by atoms with Gasteiger partial charge >= 0.3 is 18.1 Å². The Kier molecular flexibility index (Phi) is 15.3. The number of benzene rings is 1. The van der Waals surface area contributed by atoms with Crippen LogP contribution in [0.4, 0.5) is 13.2 Å². The number of unbranched alkanes of at least 4 members (excludes halogenated alkanes) is 13. The molecule has 0 heterocycles. The first-order chi connectivity index (χ1) is 15.8. The van der Waals surface area contributed by atoms with Crippen LogP contribution in [0.15, 0.2) is 24.3 Å². The lowest BCUT2D eigenvalue weighted by atomic mass is 10.0. The maximum Gasteiger partial charge on any atom is 0.422 e. The Morgan fingerprint density at radius 1 is 0.667 bits per heavy atom. The second-order valence-corrected chi connectivity index (χ2v) is 8.47. The zero-order valence-corrected chi connectivity index (χ0v) is 19.9. The van der Waals surface area contributed by atoms with E-state index in [4.69, 9.17) is 4.74 Å². The number of halogens is 3. The molecule has 0 atom stereocenters. The highest BCUT2D eigenvalue weighted by Crippen LogP contribution is 2.18. The van der Waals surface area contributed by atoms with Crippen LogP contribution in [0.25, 0.3) is 0 Å². The Balaban J connectivity index is 2.12. The Morgan fingerprint density at radius 2 is 1.06 bits per heavy atom. The monoisotopic (exact) mass is 472 g/mol. The summed E-state index contributed by atoms with van der Waals surface area (Å²) in [6, 6.07) is 5.57. The van der Waals surface area contributed by atoms with Crippen molar-refractivity contribution in [2.75, 3.05) is 13.2 Å². The van der Waals surface area contributed by atoms with Crippen molar-refractivity contribution in [2.24, 2.45) is 0 Å². The molecule has 0 aliphatic carbocycles. The van der Waals surface area contributed by atoms with E-state index in [9.17, 15) is 22.8 Å². The molecule has 0 fully saturated rings. The molecule has 0 spiro atoms. The van der Waals surface area contributed by atoms with Crippen molar-refractivity contribution >= 4 is 11.9 Å². The lowest BCUT2D eigenvalue weighted by Crippen LogP contribution is -2.22. The molecular weight excluding hydrogens is 433 g/mol. The summed E-state index contributed by atoms with van der Waals surface area (Å²) in [7, 11) is 0. The normalized spacial score (nSPS) is 11.4. The molecule has 0 aromatic heterocycles. The molecule has 1 aromatic carbocycles. The lowest BCUT2D eigenvalue weighted by Gasteiger charge is -2.11. The standard InChI is InChI=1S/C26H39F3O4/c1-2-3-4-5-6-7-8-9-10-11-12-13-14-17-20-32-24(30)22-18-15-16-19-23(22)25(31)33-21-26(27,28)29/h15-16,18-19H,2-14,17,20-21H2,1H3. The minimum Gasteiger partial charge on any atom is -0.462 e. The van der Waals surface area contributed by atoms with E-state index in [0.717, 1.165) is 12.8 Å². The van der Waals surface area contributed by atoms with Crippen LogP contribution in [-0.2, 0) is 9.47 Å². The van der Waals surface area contributed by atoms with Crippen molar-refractivity contribution in [1.29, 1.82) is 0 Å². The Labute approximate surface area is 196 Å². The molecule has 1 aromatic rings. The molecule has 0 amide bonds. The van der Waals surface area contributed by atoms with E-state index in [-0.39, 0.29) is 17.7 Å². The van der Waals surface area contributed by atoms with Gasteiger partial charge in [0, 0.05) is 0 Å². The van der Waals surface area contributed by atoms with Crippen LogP contribution in [0.5, 0.6) is 0 Å². The fourth-order valence-electron chi connectivity index (χ4n) is 3.60. The molecule has 4 nitrogen and oxygen atoms in total. The van der Waals surface area contributed by atoms with E-state index >= 15 is 0 Å². The van der Waals surface area contributed by atoms with Crippen molar-refractivity contribution in [3.63, 3.8) is 0 Å². The summed E-state index contributed by atoms with van der Waals surface area (Å²) < 4.78 is 46.2. The molecule has 7 heteroatoms. The summed E-state index contributed by atoms with van der Waals surface area (Å²) in [5.41, 5.74) is -0.317. The topological polar surface area (TPSA) is 52.6 Å². The summed E-state index contributed by atoms with van der Waals surface area (Å²) in [5.74, 6) is -1.93. The van der Waals surface area contributed by atoms with Crippen molar-refractivity contribution in [1.82, 2.24) is 0 Å². The van der Waals surface area contributed by atoms with Gasteiger partial charge in [0.25, 0.3) is 0 Å². The molecule has 0 saturated carbocycles. The van der Waals surface area contributed by atoms with Gasteiger partial charge in [0.2, 0.25) is 0 Å². The van der Waals surface area contributed by atoms with Crippen LogP contribution >= 0.6 is 0 Å². The van der Waals surface area contributed by atoms with Gasteiger partial charge in [-0.25, -0.2) is 9.59 Å². The average molecular weight is 473 g/mol. The maximum atomic E-state index is 12.3. The molecule has 0 N–H and O–H groups in total. The molecule has 33 heavy (non-hydrogen) atoms. The minimum atomic E-state index is -4.63. The fraction of sp³-hybridized carbons (Fsp3) is 0.692. The van der Waals surface area contributed by atoms with E-state index in [1.54, 1.807) is 0 Å². The first-order valence-corrected chi connectivity index (χ1v) is 12.3. The summed E-state index contributed by atoms with van der Waals surface area (Å²) in [4.78, 5) is 24.2. The third-order valence-corrected chi connectivity index (χ3v) is 5.46. The van der Waals surface area contributed by atoms with Gasteiger partial charge in [-0.1, -0.05) is 103 Å². The predicted molar refractivity (Wildman–Crippen MR) is 123 cm³/mol. The number of hydrogen-bond acceptors (Lipinski definition) is 4. The molecule has 188 valence electrons. The summed E-state index contributed by atoms with van der Waals surface area (Å²) in [6.45, 7) is 0.748. The van der Waals surface area contributed by atoms with Crippen molar-refractivity contribution < 1.29 is 32.2 Å². The molecule has 0 aliphatic heterocycles. The van der Waals surface area contributed by atoms with E-state index in [0.29, 0.717) is 6.42 Å². The van der Waals surface area contributed by atoms with Crippen molar-refractivity contribution in [3.05, 3.63) is 35.4 Å². The first-order valence-electron chi connectivity index (χ1n) is 12.3. The van der Waals surface area contributed by atoms with Gasteiger partial charge in [-0.3, -0.25) is 0 Å². The smallest absolute Gasteiger partial charge is 0.422 e.